The van der Waals surface area contributed by atoms with Gasteiger partial charge in [0.25, 0.3) is 5.91 Å². The first-order chi connectivity index (χ1) is 13.9. The van der Waals surface area contributed by atoms with E-state index in [0.29, 0.717) is 21.8 Å². The Morgan fingerprint density at radius 1 is 1.41 bits per heavy atom. The van der Waals surface area contributed by atoms with Gasteiger partial charge in [0, 0.05) is 17.2 Å². The van der Waals surface area contributed by atoms with Crippen LogP contribution in [0.25, 0.3) is 10.2 Å². The van der Waals surface area contributed by atoms with E-state index in [2.05, 4.69) is 15.5 Å². The van der Waals surface area contributed by atoms with Gasteiger partial charge >= 0.3 is 5.69 Å². The van der Waals surface area contributed by atoms with Gasteiger partial charge in [-0.05, 0) is 31.2 Å². The number of anilines is 1. The second kappa shape index (κ2) is 8.52. The summed E-state index contributed by atoms with van der Waals surface area (Å²) in [6.45, 7) is 1.96. The molecule has 0 aliphatic carbocycles. The molecule has 1 amide bonds. The van der Waals surface area contributed by atoms with Crippen molar-refractivity contribution in [1.29, 1.82) is 0 Å². The van der Waals surface area contributed by atoms with Gasteiger partial charge in [-0.1, -0.05) is 11.3 Å². The van der Waals surface area contributed by atoms with E-state index in [1.807, 2.05) is 0 Å². The van der Waals surface area contributed by atoms with Crippen LogP contribution in [0.3, 0.4) is 0 Å². The summed E-state index contributed by atoms with van der Waals surface area (Å²) in [5.41, 5.74) is 9.25. The fraction of sp³-hybridized carbons (Fsp3) is 0.167. The quantitative estimate of drug-likeness (QED) is 0.343. The Kier molecular flexibility index (Phi) is 5.88. The third-order valence-electron chi connectivity index (χ3n) is 3.81. The van der Waals surface area contributed by atoms with Gasteiger partial charge in [0.05, 0.1) is 35.1 Å². The highest BCUT2D eigenvalue weighted by molar-refractivity contribution is 7.22. The first-order valence-corrected chi connectivity index (χ1v) is 9.23. The summed E-state index contributed by atoms with van der Waals surface area (Å²) in [6, 6.07) is 7.78. The van der Waals surface area contributed by atoms with Crippen LogP contribution in [-0.4, -0.2) is 35.7 Å². The van der Waals surface area contributed by atoms with Crippen molar-refractivity contribution in [1.82, 2.24) is 10.4 Å². The number of hydrogen-bond acceptors (Lipinski definition) is 9. The summed E-state index contributed by atoms with van der Waals surface area (Å²) in [5, 5.41) is 15.6. The van der Waals surface area contributed by atoms with Gasteiger partial charge in [-0.3, -0.25) is 14.9 Å². The maximum atomic E-state index is 12.3. The number of nitrogens with one attached hydrogen (secondary N) is 1. The number of nitrogen functional groups attached to an aromatic ring is 1. The number of hydrazone groups is 1. The van der Waals surface area contributed by atoms with E-state index in [0.717, 1.165) is 4.70 Å². The van der Waals surface area contributed by atoms with Crippen LogP contribution in [0.4, 0.5) is 10.8 Å². The maximum absolute atomic E-state index is 12.3. The van der Waals surface area contributed by atoms with E-state index in [1.165, 1.54) is 36.8 Å². The van der Waals surface area contributed by atoms with Crippen molar-refractivity contribution in [3.8, 4) is 11.5 Å². The number of nitro benzene ring substituents is 1. The fourth-order valence-electron chi connectivity index (χ4n) is 2.57. The molecular weight excluding hydrogens is 398 g/mol. The number of nitrogens with two attached hydrogens (primary N) is 1. The molecular formula is C18H17N5O5S. The van der Waals surface area contributed by atoms with Crippen LogP contribution in [0.15, 0.2) is 35.4 Å². The van der Waals surface area contributed by atoms with Crippen LogP contribution in [0.5, 0.6) is 11.5 Å². The second-order valence-corrected chi connectivity index (χ2v) is 6.76. The number of carbonyl (C=O) groups is 1. The molecule has 10 nitrogen and oxygen atoms in total. The summed E-state index contributed by atoms with van der Waals surface area (Å²) in [6.07, 6.45) is 1.28. The highest BCUT2D eigenvalue weighted by atomic mass is 32.1. The molecule has 0 spiro atoms. The molecule has 0 saturated heterocycles. The lowest BCUT2D eigenvalue weighted by atomic mass is 10.2. The molecule has 3 N–H and O–H groups in total. The standard InChI is InChI=1S/C18H17N5O5S/c1-3-28-16-13(23(25)26)6-10(7-14(16)27-2)9-20-22-17(24)11-4-5-12-15(8-11)29-18(19)21-12/h4-9H,3H2,1-2H3,(H2,19,21)(H,22,24)/b20-9-. The highest BCUT2D eigenvalue weighted by Crippen LogP contribution is 2.37. The van der Waals surface area contributed by atoms with Gasteiger partial charge in [-0.15, -0.1) is 0 Å². The van der Waals surface area contributed by atoms with Gasteiger partial charge in [0.1, 0.15) is 0 Å². The van der Waals surface area contributed by atoms with Gasteiger partial charge < -0.3 is 15.2 Å². The Hall–Kier alpha value is -3.73. The zero-order valence-corrected chi connectivity index (χ0v) is 16.4. The SMILES string of the molecule is CCOc1c(OC)cc(/C=N\NC(=O)c2ccc3nc(N)sc3c2)cc1[N+](=O)[O-]. The van der Waals surface area contributed by atoms with Crippen molar-refractivity contribution in [2.24, 2.45) is 5.10 Å². The Labute approximate surface area is 169 Å². The van der Waals surface area contributed by atoms with Crippen LogP contribution < -0.4 is 20.6 Å². The number of amides is 1. The second-order valence-electron chi connectivity index (χ2n) is 5.70. The van der Waals surface area contributed by atoms with Crippen molar-refractivity contribution in [2.75, 3.05) is 19.5 Å². The minimum absolute atomic E-state index is 0.0401. The van der Waals surface area contributed by atoms with Crippen LogP contribution in [-0.2, 0) is 0 Å². The zero-order chi connectivity index (χ0) is 21.0. The Balaban J connectivity index is 1.80. The van der Waals surface area contributed by atoms with Gasteiger partial charge in [-0.2, -0.15) is 5.10 Å². The lowest BCUT2D eigenvalue weighted by Gasteiger charge is -2.10. The predicted octanol–water partition coefficient (Wildman–Crippen LogP) is 2.96. The van der Waals surface area contributed by atoms with E-state index in [-0.39, 0.29) is 23.8 Å². The molecule has 2 aromatic carbocycles. The number of nitrogens with zero attached hydrogens (tertiary/aromatic N) is 3. The topological polar surface area (TPSA) is 142 Å². The van der Waals surface area contributed by atoms with Gasteiger partial charge in [-0.25, -0.2) is 10.4 Å². The van der Waals surface area contributed by atoms with E-state index in [9.17, 15) is 14.9 Å². The highest BCUT2D eigenvalue weighted by Gasteiger charge is 2.21. The number of aromatic nitrogens is 1. The molecule has 29 heavy (non-hydrogen) atoms. The molecule has 0 aliphatic rings. The summed E-state index contributed by atoms with van der Waals surface area (Å²) >= 11 is 1.28. The lowest BCUT2D eigenvalue weighted by Crippen LogP contribution is -2.17. The number of hydrogen-bond donors (Lipinski definition) is 2. The third-order valence-corrected chi connectivity index (χ3v) is 4.66. The van der Waals surface area contributed by atoms with Crippen molar-refractivity contribution in [3.05, 3.63) is 51.6 Å². The first-order valence-electron chi connectivity index (χ1n) is 8.41. The Morgan fingerprint density at radius 3 is 2.90 bits per heavy atom. The average Bonchev–Trinajstić information content (AvgIpc) is 3.07. The molecule has 0 bridgehead atoms. The van der Waals surface area contributed by atoms with Crippen molar-refractivity contribution < 1.29 is 19.2 Å². The minimum atomic E-state index is -0.570. The Bertz CT molecular complexity index is 1110. The number of carbonyl (C=O) groups excluding carboxylic acids is 1. The largest absolute Gasteiger partial charge is 0.493 e. The fourth-order valence-corrected chi connectivity index (χ4v) is 3.35. The van der Waals surface area contributed by atoms with Crippen LogP contribution in [0, 0.1) is 10.1 Å². The van der Waals surface area contributed by atoms with E-state index in [4.69, 9.17) is 15.2 Å². The average molecular weight is 415 g/mol. The maximum Gasteiger partial charge on any atom is 0.315 e. The summed E-state index contributed by atoms with van der Waals surface area (Å²) in [7, 11) is 1.38. The van der Waals surface area contributed by atoms with Crippen LogP contribution in [0.1, 0.15) is 22.8 Å². The molecule has 11 heteroatoms. The van der Waals surface area contributed by atoms with E-state index in [1.54, 1.807) is 25.1 Å². The summed E-state index contributed by atoms with van der Waals surface area (Å²) in [5.74, 6) is -0.206. The van der Waals surface area contributed by atoms with E-state index < -0.39 is 10.8 Å². The number of rotatable bonds is 7. The molecule has 0 fully saturated rings. The molecule has 0 saturated carbocycles. The number of benzene rings is 2. The number of methoxy groups -OCH3 is 1. The van der Waals surface area contributed by atoms with Gasteiger partial charge in [0.2, 0.25) is 5.75 Å². The molecule has 0 aliphatic heterocycles. The van der Waals surface area contributed by atoms with E-state index >= 15 is 0 Å². The molecule has 1 heterocycles. The monoisotopic (exact) mass is 415 g/mol. The molecule has 3 aromatic rings. The van der Waals surface area contributed by atoms with Crippen molar-refractivity contribution in [3.63, 3.8) is 0 Å². The van der Waals surface area contributed by atoms with Crippen molar-refractivity contribution >= 4 is 44.5 Å². The minimum Gasteiger partial charge on any atom is -0.493 e. The molecule has 1 aromatic heterocycles. The third kappa shape index (κ3) is 4.41. The number of ether oxygens (including phenoxy) is 2. The molecule has 3 rings (SSSR count). The number of nitro groups is 1. The molecule has 150 valence electrons. The zero-order valence-electron chi connectivity index (χ0n) is 15.5. The lowest BCUT2D eigenvalue weighted by molar-refractivity contribution is -0.385. The smallest absolute Gasteiger partial charge is 0.315 e. The number of thiazole rings is 1. The number of fused-ring (bicyclic) bond motifs is 1. The summed E-state index contributed by atoms with van der Waals surface area (Å²) < 4.78 is 11.3. The Morgan fingerprint density at radius 2 is 2.21 bits per heavy atom. The molecule has 0 radical (unpaired) electrons. The van der Waals surface area contributed by atoms with Crippen LogP contribution >= 0.6 is 11.3 Å². The van der Waals surface area contributed by atoms with Gasteiger partial charge in [0.15, 0.2) is 10.9 Å². The predicted molar refractivity (Wildman–Crippen MR) is 110 cm³/mol. The summed E-state index contributed by atoms with van der Waals surface area (Å²) in [4.78, 5) is 27.2. The molecule has 0 atom stereocenters. The van der Waals surface area contributed by atoms with Crippen LogP contribution in [0.2, 0.25) is 0 Å². The first kappa shape index (κ1) is 20.0. The van der Waals surface area contributed by atoms with Crippen molar-refractivity contribution in [2.45, 2.75) is 6.92 Å². The molecule has 0 unspecified atom stereocenters. The normalized spacial score (nSPS) is 11.0.